The van der Waals surface area contributed by atoms with E-state index in [0.717, 1.165) is 25.9 Å². The summed E-state index contributed by atoms with van der Waals surface area (Å²) in [6.07, 6.45) is 2.07. The highest BCUT2D eigenvalue weighted by molar-refractivity contribution is 5.73. The van der Waals surface area contributed by atoms with E-state index in [1.54, 1.807) is 6.92 Å². The lowest BCUT2D eigenvalue weighted by atomic mass is 9.99. The number of carbonyl (C=O) groups excluding carboxylic acids is 1. The van der Waals surface area contributed by atoms with E-state index in [1.807, 2.05) is 4.90 Å². The second-order valence-corrected chi connectivity index (χ2v) is 5.67. The lowest BCUT2D eigenvalue weighted by Gasteiger charge is -2.33. The molecule has 0 aliphatic carbocycles. The summed E-state index contributed by atoms with van der Waals surface area (Å²) in [6, 6.07) is 9.01. The van der Waals surface area contributed by atoms with E-state index >= 15 is 0 Å². The maximum atomic E-state index is 11.3. The van der Waals surface area contributed by atoms with Crippen molar-refractivity contribution in [2.24, 2.45) is 0 Å². The summed E-state index contributed by atoms with van der Waals surface area (Å²) in [7, 11) is 0. The molecular weight excluding hydrogens is 236 g/mol. The number of rotatable bonds is 3. The number of nitrogens with zero attached hydrogens (tertiary/aromatic N) is 1. The van der Waals surface area contributed by atoms with Gasteiger partial charge in [-0.3, -0.25) is 4.79 Å². The number of hydrogen-bond donors (Lipinski definition) is 1. The van der Waals surface area contributed by atoms with Gasteiger partial charge in [-0.25, -0.2) is 0 Å². The quantitative estimate of drug-likeness (QED) is 0.905. The molecule has 0 radical (unpaired) electrons. The highest BCUT2D eigenvalue weighted by Gasteiger charge is 2.21. The fourth-order valence-corrected chi connectivity index (χ4v) is 2.69. The van der Waals surface area contributed by atoms with Gasteiger partial charge in [0.1, 0.15) is 0 Å². The smallest absolute Gasteiger partial charge is 0.219 e. The third-order valence-corrected chi connectivity index (χ3v) is 3.88. The van der Waals surface area contributed by atoms with E-state index in [2.05, 4.69) is 43.4 Å². The molecule has 1 saturated heterocycles. The number of carbonyl (C=O) groups is 1. The van der Waals surface area contributed by atoms with Crippen molar-refractivity contribution in [3.63, 3.8) is 0 Å². The predicted molar refractivity (Wildman–Crippen MR) is 79.4 cm³/mol. The Morgan fingerprint density at radius 1 is 1.26 bits per heavy atom. The van der Waals surface area contributed by atoms with Gasteiger partial charge in [0.05, 0.1) is 0 Å². The fourth-order valence-electron chi connectivity index (χ4n) is 2.69. The summed E-state index contributed by atoms with van der Waals surface area (Å²) in [5.74, 6) is 0.724. The molecule has 0 bridgehead atoms. The van der Waals surface area contributed by atoms with Crippen LogP contribution in [-0.4, -0.2) is 29.9 Å². The normalized spacial score (nSPS) is 16.7. The molecule has 2 rings (SSSR count). The van der Waals surface area contributed by atoms with Crippen molar-refractivity contribution < 1.29 is 4.79 Å². The Balaban J connectivity index is 1.98. The van der Waals surface area contributed by atoms with E-state index in [0.29, 0.717) is 12.0 Å². The van der Waals surface area contributed by atoms with Gasteiger partial charge in [0.15, 0.2) is 0 Å². The average molecular weight is 260 g/mol. The molecular formula is C16H24N2O. The molecule has 1 N–H and O–H groups in total. The number of amides is 1. The lowest BCUT2D eigenvalue weighted by molar-refractivity contribution is -0.129. The number of benzene rings is 1. The van der Waals surface area contributed by atoms with Gasteiger partial charge in [-0.15, -0.1) is 0 Å². The molecule has 104 valence electrons. The first kappa shape index (κ1) is 13.9. The molecule has 0 spiro atoms. The van der Waals surface area contributed by atoms with E-state index in [4.69, 9.17) is 0 Å². The molecule has 3 heteroatoms. The van der Waals surface area contributed by atoms with Crippen LogP contribution in [0, 0.1) is 0 Å². The van der Waals surface area contributed by atoms with Gasteiger partial charge >= 0.3 is 0 Å². The molecule has 1 aromatic rings. The molecule has 1 aromatic carbocycles. The Bertz CT molecular complexity index is 434. The number of para-hydroxylation sites is 1. The zero-order chi connectivity index (χ0) is 13.8. The van der Waals surface area contributed by atoms with Crippen LogP contribution in [0.3, 0.4) is 0 Å². The monoisotopic (exact) mass is 260 g/mol. The molecule has 1 amide bonds. The molecule has 19 heavy (non-hydrogen) atoms. The number of anilines is 1. The van der Waals surface area contributed by atoms with Crippen molar-refractivity contribution >= 4 is 11.6 Å². The molecule has 3 nitrogen and oxygen atoms in total. The third-order valence-electron chi connectivity index (χ3n) is 3.88. The number of nitrogens with one attached hydrogen (secondary N) is 1. The van der Waals surface area contributed by atoms with E-state index in [1.165, 1.54) is 11.3 Å². The maximum Gasteiger partial charge on any atom is 0.219 e. The zero-order valence-electron chi connectivity index (χ0n) is 12.1. The van der Waals surface area contributed by atoms with Gasteiger partial charge < -0.3 is 10.2 Å². The van der Waals surface area contributed by atoms with Crippen molar-refractivity contribution in [2.45, 2.75) is 45.6 Å². The molecule has 0 aromatic heterocycles. The Morgan fingerprint density at radius 2 is 1.89 bits per heavy atom. The van der Waals surface area contributed by atoms with Crippen molar-refractivity contribution in [3.05, 3.63) is 29.8 Å². The van der Waals surface area contributed by atoms with Crippen molar-refractivity contribution in [1.29, 1.82) is 0 Å². The average Bonchev–Trinajstić information content (AvgIpc) is 2.39. The standard InChI is InChI=1S/C16H24N2O/c1-12(2)15-6-4-5-7-16(15)17-14-8-10-18(11-9-14)13(3)19/h4-7,12,14,17H,8-11H2,1-3H3. The predicted octanol–water partition coefficient (Wildman–Crippen LogP) is 3.23. The van der Waals surface area contributed by atoms with Crippen LogP contribution < -0.4 is 5.32 Å². The summed E-state index contributed by atoms with van der Waals surface area (Å²) < 4.78 is 0. The van der Waals surface area contributed by atoms with Crippen LogP contribution in [-0.2, 0) is 4.79 Å². The summed E-state index contributed by atoms with van der Waals surface area (Å²) in [6.45, 7) is 7.84. The first-order valence-corrected chi connectivity index (χ1v) is 7.19. The van der Waals surface area contributed by atoms with Gasteiger partial charge in [-0.05, 0) is 30.4 Å². The Hall–Kier alpha value is -1.51. The summed E-state index contributed by atoms with van der Waals surface area (Å²) in [5.41, 5.74) is 2.62. The number of piperidine rings is 1. The van der Waals surface area contributed by atoms with Crippen LogP contribution in [0.1, 0.15) is 45.1 Å². The Labute approximate surface area is 116 Å². The minimum atomic E-state index is 0.195. The van der Waals surface area contributed by atoms with Gasteiger partial charge in [-0.2, -0.15) is 0 Å². The molecule has 0 saturated carbocycles. The van der Waals surface area contributed by atoms with Crippen LogP contribution in [0.2, 0.25) is 0 Å². The first-order chi connectivity index (χ1) is 9.08. The lowest BCUT2D eigenvalue weighted by Crippen LogP contribution is -2.41. The number of likely N-dealkylation sites (tertiary alicyclic amines) is 1. The zero-order valence-corrected chi connectivity index (χ0v) is 12.1. The van der Waals surface area contributed by atoms with Crippen molar-refractivity contribution in [1.82, 2.24) is 4.90 Å². The third kappa shape index (κ3) is 3.49. The van der Waals surface area contributed by atoms with Crippen LogP contribution in [0.4, 0.5) is 5.69 Å². The van der Waals surface area contributed by atoms with E-state index in [9.17, 15) is 4.79 Å². The van der Waals surface area contributed by atoms with Gasteiger partial charge in [0, 0.05) is 31.7 Å². The Kier molecular flexibility index (Phi) is 4.46. The molecule has 1 fully saturated rings. The summed E-state index contributed by atoms with van der Waals surface area (Å²) in [4.78, 5) is 13.2. The SMILES string of the molecule is CC(=O)N1CCC(Nc2ccccc2C(C)C)CC1. The summed E-state index contributed by atoms with van der Waals surface area (Å²) in [5, 5.41) is 3.65. The van der Waals surface area contributed by atoms with Crippen LogP contribution in [0.5, 0.6) is 0 Å². The molecule has 1 aliphatic heterocycles. The molecule has 0 atom stereocenters. The van der Waals surface area contributed by atoms with Gasteiger partial charge in [0.25, 0.3) is 0 Å². The minimum absolute atomic E-state index is 0.195. The second-order valence-electron chi connectivity index (χ2n) is 5.67. The maximum absolute atomic E-state index is 11.3. The fraction of sp³-hybridized carbons (Fsp3) is 0.562. The largest absolute Gasteiger partial charge is 0.382 e. The van der Waals surface area contributed by atoms with Gasteiger partial charge in [0.2, 0.25) is 5.91 Å². The van der Waals surface area contributed by atoms with Crippen molar-refractivity contribution in [3.8, 4) is 0 Å². The topological polar surface area (TPSA) is 32.3 Å². The van der Waals surface area contributed by atoms with Crippen LogP contribution in [0.15, 0.2) is 24.3 Å². The Morgan fingerprint density at radius 3 is 2.47 bits per heavy atom. The highest BCUT2D eigenvalue weighted by atomic mass is 16.2. The summed E-state index contributed by atoms with van der Waals surface area (Å²) >= 11 is 0. The van der Waals surface area contributed by atoms with Crippen molar-refractivity contribution in [2.75, 3.05) is 18.4 Å². The molecule has 0 unspecified atom stereocenters. The van der Waals surface area contributed by atoms with Gasteiger partial charge in [-0.1, -0.05) is 32.0 Å². The molecule has 1 aliphatic rings. The minimum Gasteiger partial charge on any atom is -0.382 e. The second kappa shape index (κ2) is 6.09. The van der Waals surface area contributed by atoms with E-state index < -0.39 is 0 Å². The van der Waals surface area contributed by atoms with Crippen LogP contribution >= 0.6 is 0 Å². The molecule has 1 heterocycles. The highest BCUT2D eigenvalue weighted by Crippen LogP contribution is 2.26. The van der Waals surface area contributed by atoms with E-state index in [-0.39, 0.29) is 5.91 Å². The first-order valence-electron chi connectivity index (χ1n) is 7.19. The van der Waals surface area contributed by atoms with Crippen LogP contribution in [0.25, 0.3) is 0 Å². The number of hydrogen-bond acceptors (Lipinski definition) is 2.